The highest BCUT2D eigenvalue weighted by Gasteiger charge is 2.01. The molecule has 0 radical (unpaired) electrons. The number of nitrogens with zero attached hydrogens (tertiary/aromatic N) is 1. The van der Waals surface area contributed by atoms with Crippen molar-refractivity contribution in [3.05, 3.63) is 96.7 Å². The van der Waals surface area contributed by atoms with Crippen LogP contribution in [0.25, 0.3) is 22.3 Å². The number of benzene rings is 3. The van der Waals surface area contributed by atoms with Gasteiger partial charge in [-0.3, -0.25) is 0 Å². The van der Waals surface area contributed by atoms with E-state index in [1.165, 1.54) is 27.8 Å². The third-order valence-electron chi connectivity index (χ3n) is 3.99. The number of hydrogen-bond donors (Lipinski definition) is 1. The van der Waals surface area contributed by atoms with Gasteiger partial charge >= 0.3 is 0 Å². The van der Waals surface area contributed by atoms with Crippen LogP contribution in [0.1, 0.15) is 12.5 Å². The molecule has 2 N–H and O–H groups in total. The minimum Gasteiger partial charge on any atom is -0.387 e. The molecule has 2 nitrogen and oxygen atoms in total. The Morgan fingerprint density at radius 1 is 0.800 bits per heavy atom. The molecule has 0 spiro atoms. The Labute approximate surface area is 149 Å². The summed E-state index contributed by atoms with van der Waals surface area (Å²) in [5, 5.41) is 0. The lowest BCUT2D eigenvalue weighted by Gasteiger charge is -2.06. The summed E-state index contributed by atoms with van der Waals surface area (Å²) in [6.07, 6.45) is 4.62. The third kappa shape index (κ3) is 4.67. The first-order chi connectivity index (χ1) is 12.2. The predicted molar refractivity (Wildman–Crippen MR) is 107 cm³/mol. The molecule has 0 unspecified atom stereocenters. The number of rotatable bonds is 5. The lowest BCUT2D eigenvalue weighted by molar-refractivity contribution is 1.25. The van der Waals surface area contributed by atoms with E-state index < -0.39 is 0 Å². The molecule has 0 heterocycles. The van der Waals surface area contributed by atoms with Crippen LogP contribution in [0.15, 0.2) is 96.1 Å². The number of aliphatic imine (C=N–C) groups is 1. The zero-order valence-electron chi connectivity index (χ0n) is 14.4. The van der Waals surface area contributed by atoms with Crippen LogP contribution in [0.3, 0.4) is 0 Å². The Bertz CT molecular complexity index is 871. The fourth-order valence-corrected chi connectivity index (χ4v) is 2.72. The van der Waals surface area contributed by atoms with Crippen molar-refractivity contribution in [3.63, 3.8) is 0 Å². The second-order valence-electron chi connectivity index (χ2n) is 6.00. The molecule has 3 aromatic rings. The molecule has 0 fully saturated rings. The predicted octanol–water partition coefficient (Wildman–Crippen LogP) is 5.45. The normalized spacial score (nSPS) is 11.8. The summed E-state index contributed by atoms with van der Waals surface area (Å²) in [6, 6.07) is 27.7. The maximum atomic E-state index is 5.52. The lowest BCUT2D eigenvalue weighted by atomic mass is 9.98. The van der Waals surface area contributed by atoms with Crippen LogP contribution in [-0.4, -0.2) is 5.84 Å². The minimum atomic E-state index is 0.573. The van der Waals surface area contributed by atoms with Gasteiger partial charge in [0.15, 0.2) is 0 Å². The Balaban J connectivity index is 1.77. The van der Waals surface area contributed by atoms with Crippen LogP contribution in [0.2, 0.25) is 0 Å². The fraction of sp³-hybridized carbons (Fsp3) is 0.0870. The maximum absolute atomic E-state index is 5.52. The molecule has 0 saturated heterocycles. The average Bonchev–Trinajstić information content (AvgIpc) is 2.66. The molecule has 124 valence electrons. The highest BCUT2D eigenvalue weighted by molar-refractivity contribution is 5.78. The Morgan fingerprint density at radius 3 is 2.08 bits per heavy atom. The molecule has 0 amide bonds. The summed E-state index contributed by atoms with van der Waals surface area (Å²) in [5.41, 5.74) is 11.7. The van der Waals surface area contributed by atoms with Crippen LogP contribution in [0.5, 0.6) is 0 Å². The SMILES string of the molecule is CC(N)=N/C=C\Cc1cccc(-c2ccc(-c3ccccc3)cc2)c1. The first-order valence-electron chi connectivity index (χ1n) is 8.42. The number of allylic oxidation sites excluding steroid dienone is 1. The molecule has 0 bridgehead atoms. The van der Waals surface area contributed by atoms with E-state index in [0.29, 0.717) is 5.84 Å². The van der Waals surface area contributed by atoms with Gasteiger partial charge in [0.25, 0.3) is 0 Å². The van der Waals surface area contributed by atoms with E-state index in [9.17, 15) is 0 Å². The van der Waals surface area contributed by atoms with E-state index >= 15 is 0 Å². The van der Waals surface area contributed by atoms with Gasteiger partial charge in [0.05, 0.1) is 5.84 Å². The standard InChI is InChI=1S/C23H22N2/c1-18(24)25-16-6-8-19-7-5-11-23(17-19)22-14-12-21(13-15-22)20-9-3-2-4-10-20/h2-7,9-17H,8H2,1H3,(H2,24,25)/b16-6-. The van der Waals surface area contributed by atoms with Gasteiger partial charge in [-0.1, -0.05) is 84.9 Å². The lowest BCUT2D eigenvalue weighted by Crippen LogP contribution is -2.03. The zero-order valence-corrected chi connectivity index (χ0v) is 14.4. The molecule has 3 aromatic carbocycles. The highest BCUT2D eigenvalue weighted by atomic mass is 14.8. The van der Waals surface area contributed by atoms with Crippen LogP contribution in [-0.2, 0) is 6.42 Å². The molecule has 25 heavy (non-hydrogen) atoms. The molecule has 0 aliphatic carbocycles. The van der Waals surface area contributed by atoms with E-state index in [2.05, 4.69) is 77.8 Å². The quantitative estimate of drug-likeness (QED) is 0.491. The molecule has 2 heteroatoms. The van der Waals surface area contributed by atoms with Crippen molar-refractivity contribution in [2.45, 2.75) is 13.3 Å². The first-order valence-corrected chi connectivity index (χ1v) is 8.42. The van der Waals surface area contributed by atoms with E-state index in [-0.39, 0.29) is 0 Å². The fourth-order valence-electron chi connectivity index (χ4n) is 2.72. The van der Waals surface area contributed by atoms with Gasteiger partial charge in [-0.15, -0.1) is 0 Å². The van der Waals surface area contributed by atoms with Crippen LogP contribution in [0.4, 0.5) is 0 Å². The number of nitrogens with two attached hydrogens (primary N) is 1. The molecule has 0 aliphatic rings. The van der Waals surface area contributed by atoms with Gasteiger partial charge in [0.2, 0.25) is 0 Å². The topological polar surface area (TPSA) is 38.4 Å². The van der Waals surface area contributed by atoms with Gasteiger partial charge in [-0.05, 0) is 41.2 Å². The zero-order chi connectivity index (χ0) is 17.5. The van der Waals surface area contributed by atoms with E-state index in [1.807, 2.05) is 12.1 Å². The Kier molecular flexibility index (Phi) is 5.43. The summed E-state index contributed by atoms with van der Waals surface area (Å²) in [4.78, 5) is 4.07. The van der Waals surface area contributed by atoms with Crippen molar-refractivity contribution in [3.8, 4) is 22.3 Å². The number of hydrogen-bond acceptors (Lipinski definition) is 1. The van der Waals surface area contributed by atoms with Crippen LogP contribution < -0.4 is 5.73 Å². The summed E-state index contributed by atoms with van der Waals surface area (Å²) >= 11 is 0. The minimum absolute atomic E-state index is 0.573. The van der Waals surface area contributed by atoms with Crippen molar-refractivity contribution in [2.75, 3.05) is 0 Å². The second kappa shape index (κ2) is 8.11. The summed E-state index contributed by atoms with van der Waals surface area (Å²) in [7, 11) is 0. The molecular formula is C23H22N2. The molecule has 0 saturated carbocycles. The van der Waals surface area contributed by atoms with Crippen LogP contribution >= 0.6 is 0 Å². The molecule has 0 aliphatic heterocycles. The Morgan fingerprint density at radius 2 is 1.40 bits per heavy atom. The molecule has 0 aromatic heterocycles. The van der Waals surface area contributed by atoms with Crippen LogP contribution in [0, 0.1) is 0 Å². The molecular weight excluding hydrogens is 304 g/mol. The smallest absolute Gasteiger partial charge is 0.0957 e. The summed E-state index contributed by atoms with van der Waals surface area (Å²) in [6.45, 7) is 1.78. The number of amidine groups is 1. The Hall–Kier alpha value is -3.13. The van der Waals surface area contributed by atoms with Gasteiger partial charge in [-0.2, -0.15) is 0 Å². The van der Waals surface area contributed by atoms with Gasteiger partial charge in [0.1, 0.15) is 0 Å². The van der Waals surface area contributed by atoms with Gasteiger partial charge < -0.3 is 5.73 Å². The monoisotopic (exact) mass is 326 g/mol. The van der Waals surface area contributed by atoms with Crippen molar-refractivity contribution in [1.29, 1.82) is 0 Å². The first kappa shape index (κ1) is 16.7. The third-order valence-corrected chi connectivity index (χ3v) is 3.99. The van der Waals surface area contributed by atoms with E-state index in [4.69, 9.17) is 5.73 Å². The maximum Gasteiger partial charge on any atom is 0.0957 e. The van der Waals surface area contributed by atoms with E-state index in [0.717, 1.165) is 6.42 Å². The van der Waals surface area contributed by atoms with E-state index in [1.54, 1.807) is 13.1 Å². The summed E-state index contributed by atoms with van der Waals surface area (Å²) < 4.78 is 0. The van der Waals surface area contributed by atoms with Gasteiger partial charge in [-0.25, -0.2) is 4.99 Å². The highest BCUT2D eigenvalue weighted by Crippen LogP contribution is 2.25. The van der Waals surface area contributed by atoms with Crippen molar-refractivity contribution >= 4 is 5.84 Å². The molecule has 0 atom stereocenters. The van der Waals surface area contributed by atoms with Crippen molar-refractivity contribution in [2.24, 2.45) is 10.7 Å². The van der Waals surface area contributed by atoms with Crippen molar-refractivity contribution in [1.82, 2.24) is 0 Å². The van der Waals surface area contributed by atoms with Gasteiger partial charge in [0, 0.05) is 6.20 Å². The van der Waals surface area contributed by atoms with Crippen molar-refractivity contribution < 1.29 is 0 Å². The summed E-state index contributed by atoms with van der Waals surface area (Å²) in [5.74, 6) is 0.573. The average molecular weight is 326 g/mol. The largest absolute Gasteiger partial charge is 0.387 e. The second-order valence-corrected chi connectivity index (χ2v) is 6.00. The molecule has 3 rings (SSSR count).